The molecule has 0 aliphatic rings. The summed E-state index contributed by atoms with van der Waals surface area (Å²) < 4.78 is 1.77. The van der Waals surface area contributed by atoms with Crippen molar-refractivity contribution in [2.45, 2.75) is 13.1 Å². The summed E-state index contributed by atoms with van der Waals surface area (Å²) in [7, 11) is 0. The van der Waals surface area contributed by atoms with Crippen LogP contribution in [-0.2, 0) is 13.1 Å². The second-order valence-corrected chi connectivity index (χ2v) is 7.91. The van der Waals surface area contributed by atoms with Crippen LogP contribution in [0.4, 0.5) is 11.8 Å². The van der Waals surface area contributed by atoms with Gasteiger partial charge in [-0.1, -0.05) is 84.4 Å². The largest absolute Gasteiger partial charge is 0.383 e. The van der Waals surface area contributed by atoms with E-state index < -0.39 is 0 Å². The summed E-state index contributed by atoms with van der Waals surface area (Å²) in [5.41, 5.74) is 11.0. The summed E-state index contributed by atoms with van der Waals surface area (Å²) in [6.45, 7) is 1.16. The Bertz CT molecular complexity index is 1350. The quantitative estimate of drug-likeness (QED) is 0.370. The molecule has 3 N–H and O–H groups in total. The lowest BCUT2D eigenvalue weighted by Gasteiger charge is -2.09. The SMILES string of the molecule is Nc1c2c(-c3ccc(Cl)cc3)nc(NCc3ccccc3)nc2nn1Cc1ccccc1. The number of aromatic nitrogens is 4. The summed E-state index contributed by atoms with van der Waals surface area (Å²) in [5.74, 6) is 1.03. The molecule has 2 heterocycles. The van der Waals surface area contributed by atoms with Crippen molar-refractivity contribution < 1.29 is 0 Å². The van der Waals surface area contributed by atoms with Crippen molar-refractivity contribution in [2.75, 3.05) is 11.1 Å². The molecule has 0 radical (unpaired) electrons. The Labute approximate surface area is 190 Å². The molecule has 6 nitrogen and oxygen atoms in total. The third kappa shape index (κ3) is 4.13. The summed E-state index contributed by atoms with van der Waals surface area (Å²) in [6.07, 6.45) is 0. The molecule has 0 bridgehead atoms. The van der Waals surface area contributed by atoms with E-state index in [0.29, 0.717) is 35.5 Å². The normalized spacial score (nSPS) is 11.0. The van der Waals surface area contributed by atoms with Gasteiger partial charge in [-0.15, -0.1) is 5.10 Å². The number of nitrogens with one attached hydrogen (secondary N) is 1. The number of nitrogens with two attached hydrogens (primary N) is 1. The van der Waals surface area contributed by atoms with Crippen LogP contribution < -0.4 is 11.1 Å². The van der Waals surface area contributed by atoms with E-state index in [2.05, 4.69) is 22.4 Å². The van der Waals surface area contributed by atoms with Crippen molar-refractivity contribution in [3.63, 3.8) is 0 Å². The first-order valence-corrected chi connectivity index (χ1v) is 10.7. The lowest BCUT2D eigenvalue weighted by Crippen LogP contribution is -2.05. The van der Waals surface area contributed by atoms with E-state index in [-0.39, 0.29) is 0 Å². The van der Waals surface area contributed by atoms with Crippen LogP contribution in [0.3, 0.4) is 0 Å². The molecular formula is C25H21ClN6. The fraction of sp³-hybridized carbons (Fsp3) is 0.0800. The molecule has 0 saturated heterocycles. The summed E-state index contributed by atoms with van der Waals surface area (Å²) in [5, 5.41) is 9.41. The Morgan fingerprint density at radius 3 is 2.16 bits per heavy atom. The Morgan fingerprint density at radius 1 is 0.812 bits per heavy atom. The highest BCUT2D eigenvalue weighted by Crippen LogP contribution is 2.32. The zero-order chi connectivity index (χ0) is 21.9. The van der Waals surface area contributed by atoms with Crippen molar-refractivity contribution in [1.82, 2.24) is 19.7 Å². The van der Waals surface area contributed by atoms with E-state index in [9.17, 15) is 0 Å². The molecule has 5 aromatic rings. The Kier molecular flexibility index (Phi) is 5.44. The molecule has 7 heteroatoms. The third-order valence-electron chi connectivity index (χ3n) is 5.23. The van der Waals surface area contributed by atoms with Crippen LogP contribution >= 0.6 is 11.6 Å². The highest BCUT2D eigenvalue weighted by atomic mass is 35.5. The average Bonchev–Trinajstić information content (AvgIpc) is 3.14. The lowest BCUT2D eigenvalue weighted by atomic mass is 10.1. The molecule has 0 aliphatic carbocycles. The Balaban J connectivity index is 1.58. The number of benzene rings is 3. The highest BCUT2D eigenvalue weighted by molar-refractivity contribution is 6.30. The van der Waals surface area contributed by atoms with E-state index in [0.717, 1.165) is 27.8 Å². The van der Waals surface area contributed by atoms with Crippen molar-refractivity contribution >= 4 is 34.4 Å². The molecule has 0 atom stereocenters. The number of anilines is 2. The van der Waals surface area contributed by atoms with E-state index in [1.165, 1.54) is 0 Å². The standard InChI is InChI=1S/C25H21ClN6/c26-20-13-11-19(12-14-20)22-21-23(27)32(16-18-9-5-2-6-10-18)31-24(21)30-25(29-22)28-15-17-7-3-1-4-8-17/h1-14H,15-16,27H2,(H,28,30,31). The maximum Gasteiger partial charge on any atom is 0.225 e. The van der Waals surface area contributed by atoms with E-state index in [4.69, 9.17) is 27.4 Å². The fourth-order valence-corrected chi connectivity index (χ4v) is 3.73. The van der Waals surface area contributed by atoms with Crippen molar-refractivity contribution in [1.29, 1.82) is 0 Å². The van der Waals surface area contributed by atoms with E-state index in [1.807, 2.05) is 72.8 Å². The van der Waals surface area contributed by atoms with Gasteiger partial charge in [0.25, 0.3) is 0 Å². The molecule has 3 aromatic carbocycles. The first-order chi connectivity index (χ1) is 15.7. The number of hydrogen-bond donors (Lipinski definition) is 2. The third-order valence-corrected chi connectivity index (χ3v) is 5.48. The maximum atomic E-state index is 6.54. The number of fused-ring (bicyclic) bond motifs is 1. The molecule has 0 saturated carbocycles. The molecule has 2 aromatic heterocycles. The van der Waals surface area contributed by atoms with Gasteiger partial charge in [-0.25, -0.2) is 9.67 Å². The van der Waals surface area contributed by atoms with Crippen LogP contribution in [0.5, 0.6) is 0 Å². The van der Waals surface area contributed by atoms with E-state index in [1.54, 1.807) is 4.68 Å². The van der Waals surface area contributed by atoms with Crippen molar-refractivity contribution in [2.24, 2.45) is 0 Å². The Hall–Kier alpha value is -3.90. The number of nitrogens with zero attached hydrogens (tertiary/aromatic N) is 4. The first kappa shape index (κ1) is 20.0. The van der Waals surface area contributed by atoms with Gasteiger partial charge in [-0.3, -0.25) is 0 Å². The van der Waals surface area contributed by atoms with Crippen LogP contribution in [0.25, 0.3) is 22.3 Å². The minimum Gasteiger partial charge on any atom is -0.383 e. The van der Waals surface area contributed by atoms with Gasteiger partial charge in [-0.2, -0.15) is 4.98 Å². The van der Waals surface area contributed by atoms with Crippen molar-refractivity contribution in [3.05, 3.63) is 101 Å². The number of nitrogen functional groups attached to an aromatic ring is 1. The second-order valence-electron chi connectivity index (χ2n) is 7.47. The number of halogens is 1. The van der Waals surface area contributed by atoms with Crippen LogP contribution in [0.2, 0.25) is 5.02 Å². The maximum absolute atomic E-state index is 6.54. The van der Waals surface area contributed by atoms with Gasteiger partial charge in [0.1, 0.15) is 5.82 Å². The van der Waals surface area contributed by atoms with Gasteiger partial charge in [0.15, 0.2) is 5.65 Å². The van der Waals surface area contributed by atoms with Gasteiger partial charge in [0.2, 0.25) is 5.95 Å². The first-order valence-electron chi connectivity index (χ1n) is 10.3. The summed E-state index contributed by atoms with van der Waals surface area (Å²) in [6, 6.07) is 27.7. The monoisotopic (exact) mass is 440 g/mol. The van der Waals surface area contributed by atoms with Gasteiger partial charge >= 0.3 is 0 Å². The van der Waals surface area contributed by atoms with E-state index >= 15 is 0 Å². The predicted octanol–water partition coefficient (Wildman–Crippen LogP) is 5.39. The molecule has 0 spiro atoms. The molecule has 0 fully saturated rings. The number of rotatable bonds is 6. The molecular weight excluding hydrogens is 420 g/mol. The van der Waals surface area contributed by atoms with Crippen LogP contribution in [0, 0.1) is 0 Å². The topological polar surface area (TPSA) is 81.7 Å². The zero-order valence-corrected chi connectivity index (χ0v) is 18.0. The second kappa shape index (κ2) is 8.69. The van der Waals surface area contributed by atoms with Gasteiger partial charge in [-0.05, 0) is 23.3 Å². The molecule has 0 aliphatic heterocycles. The summed E-state index contributed by atoms with van der Waals surface area (Å²) in [4.78, 5) is 9.46. The molecule has 0 unspecified atom stereocenters. The smallest absolute Gasteiger partial charge is 0.225 e. The van der Waals surface area contributed by atoms with Gasteiger partial charge < -0.3 is 11.1 Å². The number of hydrogen-bond acceptors (Lipinski definition) is 5. The Morgan fingerprint density at radius 2 is 1.47 bits per heavy atom. The predicted molar refractivity (Wildman–Crippen MR) is 129 cm³/mol. The van der Waals surface area contributed by atoms with Crippen LogP contribution in [-0.4, -0.2) is 19.7 Å². The van der Waals surface area contributed by atoms with Gasteiger partial charge in [0.05, 0.1) is 17.6 Å². The lowest BCUT2D eigenvalue weighted by molar-refractivity contribution is 0.703. The minimum atomic E-state index is 0.496. The fourth-order valence-electron chi connectivity index (χ4n) is 3.60. The van der Waals surface area contributed by atoms with Gasteiger partial charge in [0, 0.05) is 17.1 Å². The zero-order valence-electron chi connectivity index (χ0n) is 17.2. The molecule has 32 heavy (non-hydrogen) atoms. The molecule has 5 rings (SSSR count). The van der Waals surface area contributed by atoms with Crippen LogP contribution in [0.15, 0.2) is 84.9 Å². The van der Waals surface area contributed by atoms with Crippen LogP contribution in [0.1, 0.15) is 11.1 Å². The van der Waals surface area contributed by atoms with Crippen molar-refractivity contribution in [3.8, 4) is 11.3 Å². The molecule has 0 amide bonds. The highest BCUT2D eigenvalue weighted by Gasteiger charge is 2.18. The molecule has 158 valence electrons. The average molecular weight is 441 g/mol. The minimum absolute atomic E-state index is 0.496. The summed E-state index contributed by atoms with van der Waals surface area (Å²) >= 11 is 6.11.